The molecule has 1 heterocycles. The van der Waals surface area contributed by atoms with Gasteiger partial charge in [0.25, 0.3) is 0 Å². The number of alkyl halides is 1. The van der Waals surface area contributed by atoms with E-state index in [4.69, 9.17) is 0 Å². The van der Waals surface area contributed by atoms with Crippen LogP contribution in [-0.4, -0.2) is 48.9 Å². The van der Waals surface area contributed by atoms with E-state index in [0.717, 1.165) is 44.0 Å². The summed E-state index contributed by atoms with van der Waals surface area (Å²) in [4.78, 5) is 16.3. The highest BCUT2D eigenvalue weighted by Crippen LogP contribution is 2.23. The molecule has 1 saturated heterocycles. The molecule has 1 amide bonds. The van der Waals surface area contributed by atoms with Crippen molar-refractivity contribution in [3.05, 3.63) is 23.8 Å². The molecule has 0 bridgehead atoms. The lowest BCUT2D eigenvalue weighted by atomic mass is 10.1. The molecule has 5 heteroatoms. The van der Waals surface area contributed by atoms with Gasteiger partial charge in [0, 0.05) is 37.6 Å². The number of hydrogen-bond donors (Lipinski definition) is 1. The lowest BCUT2D eigenvalue weighted by Gasteiger charge is -2.35. The Morgan fingerprint density at radius 2 is 2.00 bits per heavy atom. The summed E-state index contributed by atoms with van der Waals surface area (Å²) >= 11 is 3.16. The second-order valence-corrected chi connectivity index (χ2v) is 5.66. The van der Waals surface area contributed by atoms with Crippen molar-refractivity contribution >= 4 is 33.2 Å². The predicted octanol–water partition coefficient (Wildman–Crippen LogP) is 2.47. The number of halogens is 1. The largest absolute Gasteiger partial charge is 0.369 e. The fourth-order valence-corrected chi connectivity index (χ4v) is 2.63. The van der Waals surface area contributed by atoms with Crippen molar-refractivity contribution in [1.29, 1.82) is 0 Å². The van der Waals surface area contributed by atoms with Crippen molar-refractivity contribution in [2.24, 2.45) is 0 Å². The molecule has 1 aliphatic rings. The Morgan fingerprint density at radius 1 is 1.30 bits per heavy atom. The molecule has 1 aliphatic heterocycles. The van der Waals surface area contributed by atoms with Gasteiger partial charge in [0.1, 0.15) is 0 Å². The number of anilines is 2. The van der Waals surface area contributed by atoms with Crippen LogP contribution in [0.1, 0.15) is 12.5 Å². The van der Waals surface area contributed by atoms with Crippen molar-refractivity contribution in [3.63, 3.8) is 0 Å². The average molecular weight is 340 g/mol. The van der Waals surface area contributed by atoms with E-state index >= 15 is 0 Å². The first kappa shape index (κ1) is 15.3. The van der Waals surface area contributed by atoms with Crippen LogP contribution in [-0.2, 0) is 4.79 Å². The maximum absolute atomic E-state index is 11.4. The molecule has 1 fully saturated rings. The molecule has 0 unspecified atom stereocenters. The molecule has 0 aliphatic carbocycles. The van der Waals surface area contributed by atoms with E-state index in [1.165, 1.54) is 5.69 Å². The van der Waals surface area contributed by atoms with Gasteiger partial charge in [0.2, 0.25) is 5.91 Å². The lowest BCUT2D eigenvalue weighted by molar-refractivity contribution is -0.113. The number of nitrogens with zero attached hydrogens (tertiary/aromatic N) is 2. The molecule has 110 valence electrons. The molecule has 0 radical (unpaired) electrons. The van der Waals surface area contributed by atoms with Crippen LogP contribution in [0.2, 0.25) is 0 Å². The molecule has 2 rings (SSSR count). The highest BCUT2D eigenvalue weighted by atomic mass is 79.9. The molecule has 0 aromatic heterocycles. The average Bonchev–Trinajstić information content (AvgIpc) is 2.49. The number of carbonyl (C=O) groups excluding carboxylic acids is 1. The van der Waals surface area contributed by atoms with Gasteiger partial charge in [-0.05, 0) is 37.2 Å². The van der Waals surface area contributed by atoms with E-state index in [1.807, 2.05) is 13.0 Å². The Bertz CT molecular complexity index is 470. The zero-order valence-corrected chi connectivity index (χ0v) is 13.7. The maximum Gasteiger partial charge on any atom is 0.235 e. The summed E-state index contributed by atoms with van der Waals surface area (Å²) in [5.41, 5.74) is 3.25. The van der Waals surface area contributed by atoms with Crippen molar-refractivity contribution < 1.29 is 4.79 Å². The number of carbonyl (C=O) groups is 1. The zero-order valence-electron chi connectivity index (χ0n) is 12.2. The Kier molecular flexibility index (Phi) is 5.43. The summed E-state index contributed by atoms with van der Waals surface area (Å²) in [5.74, 6) is -0.0163. The van der Waals surface area contributed by atoms with Crippen LogP contribution in [0.15, 0.2) is 18.2 Å². The number of aryl methyl sites for hydroxylation is 1. The van der Waals surface area contributed by atoms with Crippen molar-refractivity contribution in [1.82, 2.24) is 4.90 Å². The fraction of sp³-hybridized carbons (Fsp3) is 0.533. The van der Waals surface area contributed by atoms with Crippen molar-refractivity contribution in [2.45, 2.75) is 13.8 Å². The summed E-state index contributed by atoms with van der Waals surface area (Å²) in [6.07, 6.45) is 0. The van der Waals surface area contributed by atoms with Gasteiger partial charge in [-0.1, -0.05) is 22.9 Å². The molecular weight excluding hydrogens is 318 g/mol. The monoisotopic (exact) mass is 339 g/mol. The minimum absolute atomic E-state index is 0.0163. The van der Waals surface area contributed by atoms with E-state index in [1.54, 1.807) is 0 Å². The first-order valence-electron chi connectivity index (χ1n) is 7.07. The van der Waals surface area contributed by atoms with Gasteiger partial charge < -0.3 is 15.1 Å². The van der Waals surface area contributed by atoms with E-state index < -0.39 is 0 Å². The van der Waals surface area contributed by atoms with E-state index in [0.29, 0.717) is 5.33 Å². The van der Waals surface area contributed by atoms with Crippen LogP contribution in [0.5, 0.6) is 0 Å². The normalized spacial score (nSPS) is 16.2. The molecule has 0 saturated carbocycles. The SMILES string of the molecule is CCN1CCN(c2ccc(NC(=O)CBr)c(C)c2)CC1. The molecule has 1 N–H and O–H groups in total. The summed E-state index contributed by atoms with van der Waals surface area (Å²) in [6, 6.07) is 6.25. The van der Waals surface area contributed by atoms with Gasteiger partial charge in [-0.25, -0.2) is 0 Å². The summed E-state index contributed by atoms with van der Waals surface area (Å²) < 4.78 is 0. The van der Waals surface area contributed by atoms with E-state index in [2.05, 4.69) is 50.1 Å². The van der Waals surface area contributed by atoms with Gasteiger partial charge in [0.15, 0.2) is 0 Å². The van der Waals surface area contributed by atoms with Crippen LogP contribution in [0.3, 0.4) is 0 Å². The first-order chi connectivity index (χ1) is 9.63. The van der Waals surface area contributed by atoms with Gasteiger partial charge >= 0.3 is 0 Å². The Morgan fingerprint density at radius 3 is 2.55 bits per heavy atom. The second kappa shape index (κ2) is 7.09. The minimum Gasteiger partial charge on any atom is -0.369 e. The minimum atomic E-state index is -0.0163. The standard InChI is InChI=1S/C15H22BrN3O/c1-3-18-6-8-19(9-7-18)13-4-5-14(12(2)10-13)17-15(20)11-16/h4-5,10H,3,6-9,11H2,1-2H3,(H,17,20). The summed E-state index contributed by atoms with van der Waals surface area (Å²) in [6.45, 7) is 9.76. The van der Waals surface area contributed by atoms with Crippen LogP contribution in [0.4, 0.5) is 11.4 Å². The Hall–Kier alpha value is -1.07. The molecular formula is C15H22BrN3O. The molecule has 4 nitrogen and oxygen atoms in total. The highest BCUT2D eigenvalue weighted by Gasteiger charge is 2.16. The Labute approximate surface area is 129 Å². The van der Waals surface area contributed by atoms with Crippen LogP contribution in [0.25, 0.3) is 0 Å². The second-order valence-electron chi connectivity index (χ2n) is 5.10. The number of likely N-dealkylation sites (N-methyl/N-ethyl adjacent to an activating group) is 1. The summed E-state index contributed by atoms with van der Waals surface area (Å²) in [5, 5.41) is 3.22. The number of piperazine rings is 1. The van der Waals surface area contributed by atoms with E-state index in [-0.39, 0.29) is 5.91 Å². The van der Waals surface area contributed by atoms with Crippen molar-refractivity contribution in [2.75, 3.05) is 48.3 Å². The van der Waals surface area contributed by atoms with Crippen molar-refractivity contribution in [3.8, 4) is 0 Å². The molecule has 20 heavy (non-hydrogen) atoms. The van der Waals surface area contributed by atoms with Gasteiger partial charge in [-0.2, -0.15) is 0 Å². The quantitative estimate of drug-likeness (QED) is 0.856. The van der Waals surface area contributed by atoms with Gasteiger partial charge in [-0.3, -0.25) is 4.79 Å². The zero-order chi connectivity index (χ0) is 14.5. The van der Waals surface area contributed by atoms with E-state index in [9.17, 15) is 4.79 Å². The predicted molar refractivity (Wildman–Crippen MR) is 87.9 cm³/mol. The third kappa shape index (κ3) is 3.73. The maximum atomic E-state index is 11.4. The number of hydrogen-bond acceptors (Lipinski definition) is 3. The van der Waals surface area contributed by atoms with Gasteiger partial charge in [-0.15, -0.1) is 0 Å². The van der Waals surface area contributed by atoms with Crippen LogP contribution in [0, 0.1) is 6.92 Å². The first-order valence-corrected chi connectivity index (χ1v) is 8.20. The smallest absolute Gasteiger partial charge is 0.235 e. The molecule has 1 aromatic rings. The van der Waals surface area contributed by atoms with Crippen LogP contribution >= 0.6 is 15.9 Å². The highest BCUT2D eigenvalue weighted by molar-refractivity contribution is 9.09. The van der Waals surface area contributed by atoms with Gasteiger partial charge in [0.05, 0.1) is 5.33 Å². The van der Waals surface area contributed by atoms with Crippen LogP contribution < -0.4 is 10.2 Å². The third-order valence-electron chi connectivity index (χ3n) is 3.79. The third-order valence-corrected chi connectivity index (χ3v) is 4.30. The lowest BCUT2D eigenvalue weighted by Crippen LogP contribution is -2.46. The Balaban J connectivity index is 2.04. The topological polar surface area (TPSA) is 35.6 Å². The fourth-order valence-electron chi connectivity index (χ4n) is 2.49. The summed E-state index contributed by atoms with van der Waals surface area (Å²) in [7, 11) is 0. The number of benzene rings is 1. The molecule has 1 aromatic carbocycles. The number of amides is 1. The molecule has 0 spiro atoms. The molecule has 0 atom stereocenters. The number of nitrogens with one attached hydrogen (secondary N) is 1. The number of rotatable bonds is 4.